The van der Waals surface area contributed by atoms with Gasteiger partial charge in [0.15, 0.2) is 0 Å². The lowest BCUT2D eigenvalue weighted by Crippen LogP contribution is -2.29. The lowest BCUT2D eigenvalue weighted by molar-refractivity contribution is -0.136. The second-order valence-corrected chi connectivity index (χ2v) is 9.12. The van der Waals surface area contributed by atoms with Crippen LogP contribution in [0, 0.1) is 6.92 Å². The third-order valence-electron chi connectivity index (χ3n) is 5.77. The Morgan fingerprint density at radius 1 is 1.15 bits per heavy atom. The molecule has 33 heavy (non-hydrogen) atoms. The molecular weight excluding hydrogens is 450 g/mol. The number of carboxylic acid groups (broad SMARTS) is 2. The number of aromatic nitrogens is 1. The highest BCUT2D eigenvalue weighted by molar-refractivity contribution is 7.13. The number of aliphatic hydroxyl groups is 1. The smallest absolute Gasteiger partial charge is 0.347 e. The van der Waals surface area contributed by atoms with Crippen molar-refractivity contribution in [1.29, 1.82) is 0 Å². The highest BCUT2D eigenvalue weighted by atomic mass is 32.1. The number of aromatic carboxylic acids is 1. The van der Waals surface area contributed by atoms with Crippen LogP contribution in [0.4, 0.5) is 0 Å². The van der Waals surface area contributed by atoms with Crippen LogP contribution in [0.25, 0.3) is 0 Å². The monoisotopic (exact) mass is 479 g/mol. The van der Waals surface area contributed by atoms with Crippen LogP contribution >= 0.6 is 11.3 Å². The first-order valence-corrected chi connectivity index (χ1v) is 11.5. The molecule has 0 unspecified atom stereocenters. The zero-order valence-corrected chi connectivity index (χ0v) is 19.7. The molecule has 0 bridgehead atoms. The van der Waals surface area contributed by atoms with Crippen LogP contribution in [0.5, 0.6) is 11.5 Å². The summed E-state index contributed by atoms with van der Waals surface area (Å²) in [7, 11) is 3.08. The molecule has 0 radical (unpaired) electrons. The quantitative estimate of drug-likeness (QED) is 0.443. The molecule has 2 aromatic rings. The molecule has 1 aliphatic rings. The van der Waals surface area contributed by atoms with Gasteiger partial charge in [0.05, 0.1) is 43.5 Å². The largest absolute Gasteiger partial charge is 0.496 e. The highest BCUT2D eigenvalue weighted by Gasteiger charge is 2.30. The minimum absolute atomic E-state index is 0.00257. The zero-order valence-electron chi connectivity index (χ0n) is 18.9. The molecule has 1 aliphatic carbocycles. The van der Waals surface area contributed by atoms with Crippen LogP contribution in [0.3, 0.4) is 0 Å². The number of nitrogens with zero attached hydrogens (tertiary/aromatic N) is 1. The lowest BCUT2D eigenvalue weighted by Gasteiger charge is -2.27. The van der Waals surface area contributed by atoms with Gasteiger partial charge in [0.2, 0.25) is 0 Å². The van der Waals surface area contributed by atoms with Crippen molar-refractivity contribution >= 4 is 23.3 Å². The predicted molar refractivity (Wildman–Crippen MR) is 120 cm³/mol. The third kappa shape index (κ3) is 6.01. The van der Waals surface area contributed by atoms with Gasteiger partial charge in [0.1, 0.15) is 22.5 Å². The number of aliphatic carboxylic acids is 1. The number of carboxylic acids is 2. The number of aliphatic hydroxyl groups excluding tert-OH is 1. The van der Waals surface area contributed by atoms with E-state index in [2.05, 4.69) is 4.98 Å². The predicted octanol–water partition coefficient (Wildman–Crippen LogP) is 3.40. The number of benzene rings is 1. The summed E-state index contributed by atoms with van der Waals surface area (Å²) in [4.78, 5) is 26.9. The van der Waals surface area contributed by atoms with E-state index >= 15 is 0 Å². The van der Waals surface area contributed by atoms with E-state index in [0.29, 0.717) is 22.1 Å². The van der Waals surface area contributed by atoms with Gasteiger partial charge in [-0.3, -0.25) is 4.79 Å². The van der Waals surface area contributed by atoms with E-state index in [1.54, 1.807) is 12.1 Å². The van der Waals surface area contributed by atoms with Gasteiger partial charge < -0.3 is 29.5 Å². The van der Waals surface area contributed by atoms with Gasteiger partial charge in [-0.1, -0.05) is 12.8 Å². The van der Waals surface area contributed by atoms with E-state index in [0.717, 1.165) is 42.6 Å². The molecule has 2 atom stereocenters. The SMILES string of the molecule is COc1cc([C@@H](O)[C@H](Cc2nc(CC(=O)O)c(C(=O)O)s2)OC2CCCC2)cc(OC)c1C. The first-order valence-electron chi connectivity index (χ1n) is 10.7. The van der Waals surface area contributed by atoms with E-state index in [1.165, 1.54) is 14.2 Å². The Kier molecular flexibility index (Phi) is 8.28. The molecule has 10 heteroatoms. The van der Waals surface area contributed by atoms with E-state index in [9.17, 15) is 19.8 Å². The van der Waals surface area contributed by atoms with E-state index in [-0.39, 0.29) is 23.1 Å². The molecule has 1 aromatic carbocycles. The van der Waals surface area contributed by atoms with Crippen molar-refractivity contribution in [2.24, 2.45) is 0 Å². The fourth-order valence-corrected chi connectivity index (χ4v) is 5.05. The summed E-state index contributed by atoms with van der Waals surface area (Å²) in [6, 6.07) is 3.46. The van der Waals surface area contributed by atoms with E-state index < -0.39 is 30.6 Å². The average Bonchev–Trinajstić information content (AvgIpc) is 3.42. The first kappa shape index (κ1) is 24.9. The Morgan fingerprint density at radius 2 is 1.76 bits per heavy atom. The second-order valence-electron chi connectivity index (χ2n) is 8.04. The number of hydrogen-bond acceptors (Lipinski definition) is 8. The third-order valence-corrected chi connectivity index (χ3v) is 6.88. The zero-order chi connectivity index (χ0) is 24.1. The molecule has 1 fully saturated rings. The van der Waals surface area contributed by atoms with Crippen molar-refractivity contribution < 1.29 is 39.1 Å². The minimum atomic E-state index is -1.23. The Balaban J connectivity index is 1.94. The summed E-state index contributed by atoms with van der Waals surface area (Å²) in [6.45, 7) is 1.85. The van der Waals surface area contributed by atoms with Crippen molar-refractivity contribution in [3.63, 3.8) is 0 Å². The number of carbonyl (C=O) groups is 2. The van der Waals surface area contributed by atoms with Crippen LogP contribution in [0.1, 0.15) is 63.3 Å². The first-order chi connectivity index (χ1) is 15.7. The molecule has 180 valence electrons. The standard InChI is InChI=1S/C23H29NO8S/c1-12-16(30-2)8-13(9-17(12)31-3)21(27)18(32-14-6-4-5-7-14)11-19-24-15(10-20(25)26)22(33-19)23(28)29/h8-9,14,18,21,27H,4-7,10-11H2,1-3H3,(H,25,26)(H,28,29)/t18-,21+/m0/s1. The van der Waals surface area contributed by atoms with Crippen LogP contribution in [0.15, 0.2) is 12.1 Å². The average molecular weight is 480 g/mol. The number of rotatable bonds is 11. The Bertz CT molecular complexity index is 973. The number of methoxy groups -OCH3 is 2. The van der Waals surface area contributed by atoms with Crippen molar-refractivity contribution in [2.45, 2.75) is 63.8 Å². The van der Waals surface area contributed by atoms with Crippen LogP contribution in [-0.2, 0) is 22.4 Å². The van der Waals surface area contributed by atoms with Crippen molar-refractivity contribution in [3.05, 3.63) is 38.8 Å². The normalized spacial score (nSPS) is 15.9. The summed E-state index contributed by atoms with van der Waals surface area (Å²) in [5.74, 6) is -1.26. The Labute approximate surface area is 195 Å². The van der Waals surface area contributed by atoms with Crippen LogP contribution in [0.2, 0.25) is 0 Å². The summed E-state index contributed by atoms with van der Waals surface area (Å²) in [5.41, 5.74) is 1.34. The van der Waals surface area contributed by atoms with Crippen LogP contribution in [-0.4, -0.2) is 58.7 Å². The van der Waals surface area contributed by atoms with Gasteiger partial charge in [-0.2, -0.15) is 0 Å². The van der Waals surface area contributed by atoms with E-state index in [1.807, 2.05) is 6.92 Å². The van der Waals surface area contributed by atoms with Gasteiger partial charge in [-0.15, -0.1) is 11.3 Å². The topological polar surface area (TPSA) is 135 Å². The molecule has 0 amide bonds. The maximum atomic E-state index is 11.6. The summed E-state index contributed by atoms with van der Waals surface area (Å²) in [5, 5.41) is 30.2. The maximum absolute atomic E-state index is 11.6. The molecular formula is C23H29NO8S. The fourth-order valence-electron chi connectivity index (χ4n) is 4.09. The second kappa shape index (κ2) is 11.0. The minimum Gasteiger partial charge on any atom is -0.496 e. The number of thiazole rings is 1. The molecule has 9 nitrogen and oxygen atoms in total. The lowest BCUT2D eigenvalue weighted by atomic mass is 9.99. The molecule has 0 aliphatic heterocycles. The highest BCUT2D eigenvalue weighted by Crippen LogP contribution is 2.36. The molecule has 1 heterocycles. The molecule has 1 aromatic heterocycles. The van der Waals surface area contributed by atoms with Gasteiger partial charge in [-0.05, 0) is 37.5 Å². The van der Waals surface area contributed by atoms with Crippen LogP contribution < -0.4 is 9.47 Å². The van der Waals surface area contributed by atoms with E-state index in [4.69, 9.17) is 19.3 Å². The Hall–Kier alpha value is -2.69. The molecule has 3 N–H and O–H groups in total. The van der Waals surface area contributed by atoms with Gasteiger partial charge in [0.25, 0.3) is 0 Å². The van der Waals surface area contributed by atoms with Gasteiger partial charge in [-0.25, -0.2) is 9.78 Å². The molecule has 1 saturated carbocycles. The summed E-state index contributed by atoms with van der Waals surface area (Å²) < 4.78 is 17.1. The van der Waals surface area contributed by atoms with Crippen molar-refractivity contribution in [1.82, 2.24) is 4.98 Å². The van der Waals surface area contributed by atoms with Gasteiger partial charge >= 0.3 is 11.9 Å². The summed E-state index contributed by atoms with van der Waals surface area (Å²) >= 11 is 0.912. The van der Waals surface area contributed by atoms with Gasteiger partial charge in [0, 0.05) is 12.0 Å². The number of hydrogen-bond donors (Lipinski definition) is 3. The summed E-state index contributed by atoms with van der Waals surface area (Å²) in [6.07, 6.45) is 1.72. The van der Waals surface area contributed by atoms with Crippen molar-refractivity contribution in [2.75, 3.05) is 14.2 Å². The number of ether oxygens (including phenoxy) is 3. The fraction of sp³-hybridized carbons (Fsp3) is 0.522. The molecule has 0 spiro atoms. The molecule has 0 saturated heterocycles. The Morgan fingerprint density at radius 3 is 2.27 bits per heavy atom. The maximum Gasteiger partial charge on any atom is 0.347 e. The van der Waals surface area contributed by atoms with Crippen molar-refractivity contribution in [3.8, 4) is 11.5 Å². The molecule has 3 rings (SSSR count).